The Balaban J connectivity index is 1.84. The largest absolute Gasteiger partial charge is 0.395 e. The minimum Gasteiger partial charge on any atom is -0.395 e. The molecule has 0 saturated carbocycles. The summed E-state index contributed by atoms with van der Waals surface area (Å²) in [6.45, 7) is 7.70. The van der Waals surface area contributed by atoms with Crippen LogP contribution in [0.15, 0.2) is 24.3 Å². The van der Waals surface area contributed by atoms with Gasteiger partial charge in [0, 0.05) is 39.3 Å². The lowest BCUT2D eigenvalue weighted by Crippen LogP contribution is -2.41. The van der Waals surface area contributed by atoms with Gasteiger partial charge in [-0.2, -0.15) is 0 Å². The minimum absolute atomic E-state index is 0.0913. The van der Waals surface area contributed by atoms with Gasteiger partial charge >= 0.3 is 0 Å². The van der Waals surface area contributed by atoms with Crippen molar-refractivity contribution in [3.8, 4) is 0 Å². The SMILES string of the molecule is Cc1ccccc1CN1CCCN(C(=O)CN(C)CCO)CC1. The quantitative estimate of drug-likeness (QED) is 0.848. The van der Waals surface area contributed by atoms with Crippen LogP contribution >= 0.6 is 0 Å². The Kier molecular flexibility index (Phi) is 7.02. The first-order chi connectivity index (χ1) is 11.1. The highest BCUT2D eigenvalue weighted by molar-refractivity contribution is 5.78. The van der Waals surface area contributed by atoms with Gasteiger partial charge in [0.2, 0.25) is 5.91 Å². The number of nitrogens with zero attached hydrogens (tertiary/aromatic N) is 3. The van der Waals surface area contributed by atoms with Gasteiger partial charge in [0.15, 0.2) is 0 Å². The van der Waals surface area contributed by atoms with Crippen LogP contribution in [0.3, 0.4) is 0 Å². The molecular weight excluding hydrogens is 290 g/mol. The fraction of sp³-hybridized carbons (Fsp3) is 0.611. The molecule has 128 valence electrons. The maximum Gasteiger partial charge on any atom is 0.236 e. The standard InChI is InChI=1S/C18H29N3O2/c1-16-6-3-4-7-17(16)14-20-8-5-9-21(11-10-20)18(23)15-19(2)12-13-22/h3-4,6-7,22H,5,8-15H2,1-2H3. The zero-order valence-corrected chi connectivity index (χ0v) is 14.4. The van der Waals surface area contributed by atoms with E-state index in [4.69, 9.17) is 5.11 Å². The number of hydrogen-bond donors (Lipinski definition) is 1. The summed E-state index contributed by atoms with van der Waals surface area (Å²) in [7, 11) is 1.87. The van der Waals surface area contributed by atoms with Gasteiger partial charge in [-0.15, -0.1) is 0 Å². The summed E-state index contributed by atoms with van der Waals surface area (Å²) in [6, 6.07) is 8.50. The van der Waals surface area contributed by atoms with Gasteiger partial charge in [-0.25, -0.2) is 0 Å². The van der Waals surface area contributed by atoms with Gasteiger partial charge in [-0.05, 0) is 31.5 Å². The molecule has 1 aromatic rings. The second kappa shape index (κ2) is 9.01. The van der Waals surface area contributed by atoms with Gasteiger partial charge < -0.3 is 10.0 Å². The predicted molar refractivity (Wildman–Crippen MR) is 92.2 cm³/mol. The molecule has 1 fully saturated rings. The summed E-state index contributed by atoms with van der Waals surface area (Å²) >= 11 is 0. The minimum atomic E-state index is 0.0913. The number of benzene rings is 1. The van der Waals surface area contributed by atoms with Gasteiger partial charge in [0.05, 0.1) is 13.2 Å². The fourth-order valence-corrected chi connectivity index (χ4v) is 2.99. The second-order valence-electron chi connectivity index (χ2n) is 6.40. The maximum atomic E-state index is 12.3. The molecule has 0 bridgehead atoms. The van der Waals surface area contributed by atoms with E-state index < -0.39 is 0 Å². The number of aliphatic hydroxyl groups excluding tert-OH is 1. The monoisotopic (exact) mass is 319 g/mol. The van der Waals surface area contributed by atoms with Crippen LogP contribution in [0.25, 0.3) is 0 Å². The maximum absolute atomic E-state index is 12.3. The number of carbonyl (C=O) groups is 1. The number of rotatable bonds is 6. The molecule has 0 spiro atoms. The van der Waals surface area contributed by atoms with E-state index in [-0.39, 0.29) is 12.5 Å². The Morgan fingerprint density at radius 1 is 1.22 bits per heavy atom. The molecule has 1 aliphatic rings. The van der Waals surface area contributed by atoms with E-state index in [1.807, 2.05) is 16.8 Å². The van der Waals surface area contributed by atoms with Crippen LogP contribution in [-0.2, 0) is 11.3 Å². The average Bonchev–Trinajstić information content (AvgIpc) is 2.75. The first kappa shape index (κ1) is 17.9. The van der Waals surface area contributed by atoms with Crippen molar-refractivity contribution in [1.82, 2.24) is 14.7 Å². The van der Waals surface area contributed by atoms with E-state index in [0.717, 1.165) is 39.1 Å². The molecule has 0 aromatic heterocycles. The molecule has 0 atom stereocenters. The van der Waals surface area contributed by atoms with Gasteiger partial charge in [0.25, 0.3) is 0 Å². The first-order valence-electron chi connectivity index (χ1n) is 8.44. The molecule has 2 rings (SSSR count). The molecule has 1 aromatic carbocycles. The second-order valence-corrected chi connectivity index (χ2v) is 6.40. The Labute approximate surface area is 139 Å². The molecule has 5 heteroatoms. The summed E-state index contributed by atoms with van der Waals surface area (Å²) in [6.07, 6.45) is 1.02. The molecule has 1 heterocycles. The molecule has 23 heavy (non-hydrogen) atoms. The average molecular weight is 319 g/mol. The van der Waals surface area contributed by atoms with Gasteiger partial charge in [0.1, 0.15) is 0 Å². The number of aryl methyl sites for hydroxylation is 1. The van der Waals surface area contributed by atoms with Crippen LogP contribution in [0.4, 0.5) is 0 Å². The highest BCUT2D eigenvalue weighted by atomic mass is 16.3. The van der Waals surface area contributed by atoms with Crippen molar-refractivity contribution in [3.63, 3.8) is 0 Å². The number of likely N-dealkylation sites (N-methyl/N-ethyl adjacent to an activating group) is 1. The molecular formula is C18H29N3O2. The van der Waals surface area contributed by atoms with Gasteiger partial charge in [-0.1, -0.05) is 24.3 Å². The van der Waals surface area contributed by atoms with Crippen LogP contribution in [0, 0.1) is 6.92 Å². The van der Waals surface area contributed by atoms with Crippen molar-refractivity contribution in [1.29, 1.82) is 0 Å². The van der Waals surface area contributed by atoms with Crippen LogP contribution in [0.5, 0.6) is 0 Å². The van der Waals surface area contributed by atoms with Crippen molar-refractivity contribution in [2.24, 2.45) is 0 Å². The molecule has 1 aliphatic heterocycles. The van der Waals surface area contributed by atoms with Crippen molar-refractivity contribution < 1.29 is 9.90 Å². The lowest BCUT2D eigenvalue weighted by molar-refractivity contribution is -0.132. The van der Waals surface area contributed by atoms with Crippen LogP contribution in [-0.4, -0.2) is 78.6 Å². The molecule has 1 N–H and O–H groups in total. The van der Waals surface area contributed by atoms with Crippen molar-refractivity contribution in [2.45, 2.75) is 19.9 Å². The van der Waals surface area contributed by atoms with E-state index in [1.54, 1.807) is 0 Å². The first-order valence-corrected chi connectivity index (χ1v) is 8.44. The Hall–Kier alpha value is -1.43. The fourth-order valence-electron chi connectivity index (χ4n) is 2.99. The Bertz CT molecular complexity index is 507. The van der Waals surface area contributed by atoms with Crippen molar-refractivity contribution in [3.05, 3.63) is 35.4 Å². The smallest absolute Gasteiger partial charge is 0.236 e. The lowest BCUT2D eigenvalue weighted by Gasteiger charge is -2.24. The number of carbonyl (C=O) groups excluding carboxylic acids is 1. The van der Waals surface area contributed by atoms with Gasteiger partial charge in [-0.3, -0.25) is 14.6 Å². The predicted octanol–water partition coefficient (Wildman–Crippen LogP) is 0.953. The summed E-state index contributed by atoms with van der Waals surface area (Å²) in [5, 5.41) is 8.93. The summed E-state index contributed by atoms with van der Waals surface area (Å²) in [5.41, 5.74) is 2.70. The van der Waals surface area contributed by atoms with Crippen LogP contribution in [0.1, 0.15) is 17.5 Å². The molecule has 0 aliphatic carbocycles. The molecule has 0 unspecified atom stereocenters. The summed E-state index contributed by atoms with van der Waals surface area (Å²) in [5.74, 6) is 0.165. The molecule has 0 radical (unpaired) electrons. The summed E-state index contributed by atoms with van der Waals surface area (Å²) in [4.78, 5) is 18.6. The van der Waals surface area contributed by atoms with E-state index in [9.17, 15) is 4.79 Å². The topological polar surface area (TPSA) is 47.0 Å². The third kappa shape index (κ3) is 5.61. The number of amides is 1. The lowest BCUT2D eigenvalue weighted by atomic mass is 10.1. The highest BCUT2D eigenvalue weighted by Crippen LogP contribution is 2.13. The molecule has 1 saturated heterocycles. The molecule has 5 nitrogen and oxygen atoms in total. The highest BCUT2D eigenvalue weighted by Gasteiger charge is 2.20. The normalized spacial score (nSPS) is 16.6. The van der Waals surface area contributed by atoms with Crippen LogP contribution in [0.2, 0.25) is 0 Å². The third-order valence-corrected chi connectivity index (χ3v) is 4.48. The summed E-state index contributed by atoms with van der Waals surface area (Å²) < 4.78 is 0. The Morgan fingerprint density at radius 3 is 2.74 bits per heavy atom. The third-order valence-electron chi connectivity index (χ3n) is 4.48. The van der Waals surface area contributed by atoms with E-state index >= 15 is 0 Å². The van der Waals surface area contributed by atoms with E-state index in [2.05, 4.69) is 36.1 Å². The van der Waals surface area contributed by atoms with Crippen molar-refractivity contribution >= 4 is 5.91 Å². The number of aliphatic hydroxyl groups is 1. The van der Waals surface area contributed by atoms with E-state index in [0.29, 0.717) is 13.1 Å². The zero-order valence-electron chi connectivity index (χ0n) is 14.4. The zero-order chi connectivity index (χ0) is 16.7. The van der Waals surface area contributed by atoms with Crippen LogP contribution < -0.4 is 0 Å². The number of hydrogen-bond acceptors (Lipinski definition) is 4. The Morgan fingerprint density at radius 2 is 2.00 bits per heavy atom. The van der Waals surface area contributed by atoms with Crippen molar-refractivity contribution in [2.75, 3.05) is 52.9 Å². The molecule has 1 amide bonds. The van der Waals surface area contributed by atoms with E-state index in [1.165, 1.54) is 11.1 Å².